The van der Waals surface area contributed by atoms with Crippen LogP contribution in [0.15, 0.2) is 72.8 Å². The Labute approximate surface area is 180 Å². The molecule has 0 aliphatic heterocycles. The molecule has 0 amide bonds. The SMILES string of the molecule is COc1ccc(/C=C/C(=O)c2ccccc2OC(=O)c2ccc(OC)c(OC)c2)cc1. The summed E-state index contributed by atoms with van der Waals surface area (Å²) in [5.74, 6) is 0.913. The van der Waals surface area contributed by atoms with E-state index in [1.54, 1.807) is 49.6 Å². The van der Waals surface area contributed by atoms with Gasteiger partial charge in [0.2, 0.25) is 0 Å². The summed E-state index contributed by atoms with van der Waals surface area (Å²) in [4.78, 5) is 25.4. The maximum Gasteiger partial charge on any atom is 0.343 e. The van der Waals surface area contributed by atoms with Gasteiger partial charge in [-0.05, 0) is 54.1 Å². The summed E-state index contributed by atoms with van der Waals surface area (Å²) in [6.45, 7) is 0. The van der Waals surface area contributed by atoms with Crippen LogP contribution in [0.25, 0.3) is 6.08 Å². The first-order chi connectivity index (χ1) is 15.0. The van der Waals surface area contributed by atoms with E-state index < -0.39 is 5.97 Å². The van der Waals surface area contributed by atoms with E-state index in [1.165, 1.54) is 26.4 Å². The molecule has 0 aromatic heterocycles. The van der Waals surface area contributed by atoms with Crippen LogP contribution >= 0.6 is 0 Å². The van der Waals surface area contributed by atoms with Crippen LogP contribution in [0.5, 0.6) is 23.0 Å². The normalized spacial score (nSPS) is 10.5. The van der Waals surface area contributed by atoms with Gasteiger partial charge in [-0.25, -0.2) is 4.79 Å². The zero-order valence-corrected chi connectivity index (χ0v) is 17.5. The molecule has 0 spiro atoms. The fourth-order valence-electron chi connectivity index (χ4n) is 2.86. The average molecular weight is 418 g/mol. The number of ether oxygens (including phenoxy) is 4. The second-order valence-electron chi connectivity index (χ2n) is 6.43. The fraction of sp³-hybridized carbons (Fsp3) is 0.120. The highest BCUT2D eigenvalue weighted by Gasteiger charge is 2.16. The van der Waals surface area contributed by atoms with Crippen LogP contribution in [-0.2, 0) is 0 Å². The van der Waals surface area contributed by atoms with Gasteiger partial charge in [0.25, 0.3) is 0 Å². The minimum atomic E-state index is -0.611. The van der Waals surface area contributed by atoms with Crippen LogP contribution in [0, 0.1) is 0 Å². The standard InChI is InChI=1S/C25H22O6/c1-28-19-12-8-17(9-13-19)10-14-21(26)20-6-4-5-7-22(20)31-25(27)18-11-15-23(29-2)24(16-18)30-3/h4-16H,1-3H3/b14-10+. The molecule has 3 aromatic carbocycles. The Balaban J connectivity index is 1.78. The lowest BCUT2D eigenvalue weighted by molar-refractivity contribution is 0.0732. The maximum atomic E-state index is 12.7. The highest BCUT2D eigenvalue weighted by molar-refractivity contribution is 6.09. The molecule has 0 fully saturated rings. The fourth-order valence-corrected chi connectivity index (χ4v) is 2.86. The molecule has 0 saturated heterocycles. The Morgan fingerprint density at radius 2 is 1.45 bits per heavy atom. The lowest BCUT2D eigenvalue weighted by Crippen LogP contribution is -2.11. The predicted molar refractivity (Wildman–Crippen MR) is 117 cm³/mol. The Bertz CT molecular complexity index is 1100. The van der Waals surface area contributed by atoms with Crippen molar-refractivity contribution in [1.29, 1.82) is 0 Å². The van der Waals surface area contributed by atoms with E-state index in [9.17, 15) is 9.59 Å². The molecule has 6 heteroatoms. The molecule has 0 bridgehead atoms. The topological polar surface area (TPSA) is 71.1 Å². The number of methoxy groups -OCH3 is 3. The number of rotatable bonds is 8. The van der Waals surface area contributed by atoms with Crippen molar-refractivity contribution in [3.05, 3.63) is 89.5 Å². The average Bonchev–Trinajstić information content (AvgIpc) is 2.82. The highest BCUT2D eigenvalue weighted by atomic mass is 16.5. The van der Waals surface area contributed by atoms with Gasteiger partial charge in [-0.3, -0.25) is 4.79 Å². The monoisotopic (exact) mass is 418 g/mol. The minimum Gasteiger partial charge on any atom is -0.497 e. The van der Waals surface area contributed by atoms with Crippen molar-refractivity contribution < 1.29 is 28.5 Å². The molecule has 0 heterocycles. The van der Waals surface area contributed by atoms with Gasteiger partial charge in [0, 0.05) is 0 Å². The van der Waals surface area contributed by atoms with Crippen LogP contribution in [0.3, 0.4) is 0 Å². The second kappa shape index (κ2) is 10.1. The Kier molecular flexibility index (Phi) is 7.06. The Morgan fingerprint density at radius 3 is 2.13 bits per heavy atom. The largest absolute Gasteiger partial charge is 0.497 e. The third kappa shape index (κ3) is 5.30. The molecule has 31 heavy (non-hydrogen) atoms. The molecule has 0 N–H and O–H groups in total. The summed E-state index contributed by atoms with van der Waals surface area (Å²) in [5.41, 5.74) is 1.39. The predicted octanol–water partition coefficient (Wildman–Crippen LogP) is 4.83. The van der Waals surface area contributed by atoms with Crippen LogP contribution in [0.1, 0.15) is 26.3 Å². The molecular weight excluding hydrogens is 396 g/mol. The Morgan fingerprint density at radius 1 is 0.742 bits per heavy atom. The first-order valence-corrected chi connectivity index (χ1v) is 9.45. The van der Waals surface area contributed by atoms with Crippen molar-refractivity contribution in [2.45, 2.75) is 0 Å². The highest BCUT2D eigenvalue weighted by Crippen LogP contribution is 2.28. The van der Waals surface area contributed by atoms with Gasteiger partial charge in [0.05, 0.1) is 32.5 Å². The molecule has 0 unspecified atom stereocenters. The van der Waals surface area contributed by atoms with Gasteiger partial charge in [-0.15, -0.1) is 0 Å². The number of benzene rings is 3. The Hall–Kier alpha value is -4.06. The van der Waals surface area contributed by atoms with E-state index in [0.717, 1.165) is 11.3 Å². The van der Waals surface area contributed by atoms with E-state index in [-0.39, 0.29) is 22.7 Å². The number of carbonyl (C=O) groups is 2. The molecule has 0 aliphatic rings. The quantitative estimate of drug-likeness (QED) is 0.226. The molecule has 0 atom stereocenters. The van der Waals surface area contributed by atoms with E-state index >= 15 is 0 Å². The summed E-state index contributed by atoms with van der Waals surface area (Å²) >= 11 is 0. The van der Waals surface area contributed by atoms with Crippen molar-refractivity contribution in [3.8, 4) is 23.0 Å². The van der Waals surface area contributed by atoms with Crippen LogP contribution in [0.2, 0.25) is 0 Å². The van der Waals surface area contributed by atoms with Crippen LogP contribution in [-0.4, -0.2) is 33.1 Å². The van der Waals surface area contributed by atoms with Crippen molar-refractivity contribution in [2.75, 3.05) is 21.3 Å². The molecule has 0 saturated carbocycles. The van der Waals surface area contributed by atoms with Crippen molar-refractivity contribution in [1.82, 2.24) is 0 Å². The lowest BCUT2D eigenvalue weighted by Gasteiger charge is -2.11. The maximum absolute atomic E-state index is 12.7. The van der Waals surface area contributed by atoms with Crippen LogP contribution < -0.4 is 18.9 Å². The zero-order valence-electron chi connectivity index (χ0n) is 17.5. The number of carbonyl (C=O) groups excluding carboxylic acids is 2. The molecule has 0 aliphatic carbocycles. The van der Waals surface area contributed by atoms with Crippen molar-refractivity contribution in [3.63, 3.8) is 0 Å². The number of allylic oxidation sites excluding steroid dienone is 1. The minimum absolute atomic E-state index is 0.173. The number of para-hydroxylation sites is 1. The molecule has 6 nitrogen and oxygen atoms in total. The van der Waals surface area contributed by atoms with Crippen LogP contribution in [0.4, 0.5) is 0 Å². The number of ketones is 1. The summed E-state index contributed by atoms with van der Waals surface area (Å²) in [7, 11) is 4.59. The molecule has 158 valence electrons. The number of hydrogen-bond donors (Lipinski definition) is 0. The summed E-state index contributed by atoms with van der Waals surface area (Å²) < 4.78 is 21.0. The van der Waals surface area contributed by atoms with Gasteiger partial charge < -0.3 is 18.9 Å². The van der Waals surface area contributed by atoms with Crippen molar-refractivity contribution in [2.24, 2.45) is 0 Å². The van der Waals surface area contributed by atoms with E-state index in [1.807, 2.05) is 24.3 Å². The van der Waals surface area contributed by atoms with E-state index in [0.29, 0.717) is 11.5 Å². The lowest BCUT2D eigenvalue weighted by atomic mass is 10.1. The smallest absolute Gasteiger partial charge is 0.343 e. The molecule has 3 aromatic rings. The number of hydrogen-bond acceptors (Lipinski definition) is 6. The van der Waals surface area contributed by atoms with Gasteiger partial charge in [0.1, 0.15) is 11.5 Å². The van der Waals surface area contributed by atoms with E-state index in [4.69, 9.17) is 18.9 Å². The third-order valence-electron chi connectivity index (χ3n) is 4.52. The van der Waals surface area contributed by atoms with Crippen molar-refractivity contribution >= 4 is 17.8 Å². The van der Waals surface area contributed by atoms with E-state index in [2.05, 4.69) is 0 Å². The van der Waals surface area contributed by atoms with Gasteiger partial charge >= 0.3 is 5.97 Å². The summed E-state index contributed by atoms with van der Waals surface area (Å²) in [5, 5.41) is 0. The summed E-state index contributed by atoms with van der Waals surface area (Å²) in [6, 6.07) is 18.6. The van der Waals surface area contributed by atoms with Gasteiger partial charge in [-0.1, -0.05) is 30.3 Å². The van der Waals surface area contributed by atoms with Gasteiger partial charge in [-0.2, -0.15) is 0 Å². The third-order valence-corrected chi connectivity index (χ3v) is 4.52. The molecule has 0 radical (unpaired) electrons. The second-order valence-corrected chi connectivity index (χ2v) is 6.43. The first-order valence-electron chi connectivity index (χ1n) is 9.45. The summed E-state index contributed by atoms with van der Waals surface area (Å²) in [6.07, 6.45) is 3.12. The molecular formula is C25H22O6. The first kappa shape index (κ1) is 21.6. The zero-order chi connectivity index (χ0) is 22.2. The molecule has 3 rings (SSSR count). The number of esters is 1. The van der Waals surface area contributed by atoms with Gasteiger partial charge in [0.15, 0.2) is 17.3 Å².